The highest BCUT2D eigenvalue weighted by atomic mass is 32.2. The molecule has 0 aromatic heterocycles. The maximum absolute atomic E-state index is 12.7. The van der Waals surface area contributed by atoms with Crippen LogP contribution in [-0.2, 0) is 16.2 Å². The highest BCUT2D eigenvalue weighted by Gasteiger charge is 2.33. The van der Waals surface area contributed by atoms with Crippen LogP contribution in [-0.4, -0.2) is 50.3 Å². The molecule has 1 aliphatic heterocycles. The van der Waals surface area contributed by atoms with Gasteiger partial charge in [0.1, 0.15) is 0 Å². The van der Waals surface area contributed by atoms with Crippen LogP contribution in [0, 0.1) is 11.3 Å². The minimum atomic E-state index is -4.58. The molecule has 1 fully saturated rings. The van der Waals surface area contributed by atoms with Crippen LogP contribution >= 0.6 is 0 Å². The second-order valence-electron chi connectivity index (χ2n) is 5.18. The molecule has 0 aliphatic carbocycles. The molecule has 1 aromatic carbocycles. The molecule has 1 aliphatic rings. The van der Waals surface area contributed by atoms with Crippen LogP contribution in [0.4, 0.5) is 13.2 Å². The molecule has 1 aromatic rings. The molecule has 2 rings (SSSR count). The second-order valence-corrected chi connectivity index (χ2v) is 7.12. The number of nitriles is 1. The van der Waals surface area contributed by atoms with E-state index in [2.05, 4.69) is 0 Å². The lowest BCUT2D eigenvalue weighted by molar-refractivity contribution is -0.137. The number of piperazine rings is 1. The zero-order valence-electron chi connectivity index (χ0n) is 12.3. The molecule has 1 heterocycles. The second kappa shape index (κ2) is 6.86. The molecule has 0 radical (unpaired) electrons. The number of sulfonamides is 1. The number of halogens is 3. The summed E-state index contributed by atoms with van der Waals surface area (Å²) in [6.45, 7) is 1.88. The molecule has 9 heteroatoms. The summed E-state index contributed by atoms with van der Waals surface area (Å²) in [4.78, 5) is 1.61. The zero-order chi connectivity index (χ0) is 17.1. The normalized spacial score (nSPS) is 17.8. The van der Waals surface area contributed by atoms with Crippen LogP contribution in [0.3, 0.4) is 0 Å². The summed E-state index contributed by atoms with van der Waals surface area (Å²) >= 11 is 0. The lowest BCUT2D eigenvalue weighted by Crippen LogP contribution is -2.48. The molecule has 0 atom stereocenters. The van der Waals surface area contributed by atoms with Crippen LogP contribution in [0.2, 0.25) is 0 Å². The standard InChI is InChI=1S/C14H16F3N3O2S/c15-14(16,17)12-3-1-4-13(11-12)23(21,22)20-9-7-19(8-10-20)6-2-5-18/h1,3-4,11H,2,6-10H2. The van der Waals surface area contributed by atoms with E-state index >= 15 is 0 Å². The number of nitrogens with zero attached hydrogens (tertiary/aromatic N) is 3. The van der Waals surface area contributed by atoms with Gasteiger partial charge in [0.05, 0.1) is 16.5 Å². The molecular formula is C14H16F3N3O2S. The van der Waals surface area contributed by atoms with Crippen molar-refractivity contribution in [3.8, 4) is 6.07 Å². The highest BCUT2D eigenvalue weighted by molar-refractivity contribution is 7.89. The number of hydrogen-bond donors (Lipinski definition) is 0. The quantitative estimate of drug-likeness (QED) is 0.835. The Morgan fingerprint density at radius 2 is 1.83 bits per heavy atom. The molecule has 0 saturated carbocycles. The summed E-state index contributed by atoms with van der Waals surface area (Å²) in [5.74, 6) is 0. The van der Waals surface area contributed by atoms with Crippen molar-refractivity contribution in [2.75, 3.05) is 32.7 Å². The molecule has 1 saturated heterocycles. The van der Waals surface area contributed by atoms with E-state index in [0.29, 0.717) is 32.1 Å². The van der Waals surface area contributed by atoms with Crippen molar-refractivity contribution in [3.63, 3.8) is 0 Å². The van der Waals surface area contributed by atoms with Gasteiger partial charge in [0, 0.05) is 39.1 Å². The number of rotatable bonds is 4. The van der Waals surface area contributed by atoms with E-state index in [0.717, 1.165) is 12.1 Å². The Morgan fingerprint density at radius 3 is 2.39 bits per heavy atom. The van der Waals surface area contributed by atoms with Gasteiger partial charge < -0.3 is 0 Å². The third-order valence-electron chi connectivity index (χ3n) is 3.67. The van der Waals surface area contributed by atoms with E-state index in [1.165, 1.54) is 10.4 Å². The van der Waals surface area contributed by atoms with Gasteiger partial charge in [-0.2, -0.15) is 22.7 Å². The van der Waals surface area contributed by atoms with Crippen molar-refractivity contribution >= 4 is 10.0 Å². The van der Waals surface area contributed by atoms with Crippen molar-refractivity contribution in [1.82, 2.24) is 9.21 Å². The number of alkyl halides is 3. The fourth-order valence-electron chi connectivity index (χ4n) is 2.38. The van der Waals surface area contributed by atoms with Crippen molar-refractivity contribution in [3.05, 3.63) is 29.8 Å². The predicted molar refractivity (Wildman–Crippen MR) is 76.9 cm³/mol. The van der Waals surface area contributed by atoms with Gasteiger partial charge in [0.15, 0.2) is 0 Å². The number of benzene rings is 1. The maximum atomic E-state index is 12.7. The van der Waals surface area contributed by atoms with Gasteiger partial charge in [-0.15, -0.1) is 0 Å². The third kappa shape index (κ3) is 4.22. The average Bonchev–Trinajstić information content (AvgIpc) is 2.52. The zero-order valence-corrected chi connectivity index (χ0v) is 13.1. The summed E-state index contributed by atoms with van der Waals surface area (Å²) in [7, 11) is -3.95. The topological polar surface area (TPSA) is 64.4 Å². The van der Waals surface area contributed by atoms with Gasteiger partial charge in [-0.1, -0.05) is 6.07 Å². The maximum Gasteiger partial charge on any atom is 0.416 e. The van der Waals surface area contributed by atoms with Gasteiger partial charge in [-0.3, -0.25) is 4.90 Å². The van der Waals surface area contributed by atoms with Crippen LogP contribution in [0.1, 0.15) is 12.0 Å². The fraction of sp³-hybridized carbons (Fsp3) is 0.500. The summed E-state index contributed by atoms with van der Waals surface area (Å²) in [6, 6.07) is 5.80. The van der Waals surface area contributed by atoms with E-state index in [1.807, 2.05) is 11.0 Å². The van der Waals surface area contributed by atoms with Crippen LogP contribution in [0.5, 0.6) is 0 Å². The Labute approximate surface area is 133 Å². The Kier molecular flexibility index (Phi) is 5.29. The first-order chi connectivity index (χ1) is 10.7. The molecule has 0 bridgehead atoms. The van der Waals surface area contributed by atoms with Crippen molar-refractivity contribution < 1.29 is 21.6 Å². The first-order valence-corrected chi connectivity index (χ1v) is 8.46. The van der Waals surface area contributed by atoms with Gasteiger partial charge in [0.2, 0.25) is 10.0 Å². The smallest absolute Gasteiger partial charge is 0.300 e. The lowest BCUT2D eigenvalue weighted by atomic mass is 10.2. The Morgan fingerprint density at radius 1 is 1.17 bits per heavy atom. The van der Waals surface area contributed by atoms with Gasteiger partial charge >= 0.3 is 6.18 Å². The summed E-state index contributed by atoms with van der Waals surface area (Å²) in [6.07, 6.45) is -4.22. The van der Waals surface area contributed by atoms with E-state index in [4.69, 9.17) is 5.26 Å². The van der Waals surface area contributed by atoms with Gasteiger partial charge in [-0.25, -0.2) is 8.42 Å². The average molecular weight is 347 g/mol. The Hall–Kier alpha value is -1.63. The van der Waals surface area contributed by atoms with Crippen LogP contribution in [0.25, 0.3) is 0 Å². The first kappa shape index (κ1) is 17.7. The SMILES string of the molecule is N#CCCN1CCN(S(=O)(=O)c2cccc(C(F)(F)F)c2)CC1. The minimum Gasteiger partial charge on any atom is -0.300 e. The van der Waals surface area contributed by atoms with Gasteiger partial charge in [0.25, 0.3) is 0 Å². The number of hydrogen-bond acceptors (Lipinski definition) is 4. The highest BCUT2D eigenvalue weighted by Crippen LogP contribution is 2.31. The van der Waals surface area contributed by atoms with Crippen LogP contribution in [0.15, 0.2) is 29.2 Å². The van der Waals surface area contributed by atoms with Gasteiger partial charge in [-0.05, 0) is 18.2 Å². The Balaban J connectivity index is 2.13. The minimum absolute atomic E-state index is 0.198. The molecule has 126 valence electrons. The third-order valence-corrected chi connectivity index (χ3v) is 5.56. The summed E-state index contributed by atoms with van der Waals surface area (Å²) in [5, 5.41) is 8.54. The molecule has 23 heavy (non-hydrogen) atoms. The summed E-state index contributed by atoms with van der Waals surface area (Å²) < 4.78 is 64.3. The predicted octanol–water partition coefficient (Wildman–Crippen LogP) is 1.93. The van der Waals surface area contributed by atoms with Crippen molar-refractivity contribution in [2.45, 2.75) is 17.5 Å². The van der Waals surface area contributed by atoms with E-state index in [-0.39, 0.29) is 18.0 Å². The molecule has 0 amide bonds. The van der Waals surface area contributed by atoms with Crippen molar-refractivity contribution in [1.29, 1.82) is 5.26 Å². The van der Waals surface area contributed by atoms with Crippen molar-refractivity contribution in [2.24, 2.45) is 0 Å². The fourth-order valence-corrected chi connectivity index (χ4v) is 3.85. The van der Waals surface area contributed by atoms with E-state index < -0.39 is 21.8 Å². The Bertz CT molecular complexity index is 690. The van der Waals surface area contributed by atoms with E-state index in [1.54, 1.807) is 0 Å². The summed E-state index contributed by atoms with van der Waals surface area (Å²) in [5.41, 5.74) is -0.980. The largest absolute Gasteiger partial charge is 0.416 e. The lowest BCUT2D eigenvalue weighted by Gasteiger charge is -2.33. The van der Waals surface area contributed by atoms with E-state index in [9.17, 15) is 21.6 Å². The first-order valence-electron chi connectivity index (χ1n) is 7.02. The monoisotopic (exact) mass is 347 g/mol. The molecule has 5 nitrogen and oxygen atoms in total. The molecule has 0 N–H and O–H groups in total. The molecule has 0 spiro atoms. The molecular weight excluding hydrogens is 331 g/mol. The van der Waals surface area contributed by atoms with Crippen LogP contribution < -0.4 is 0 Å². The molecule has 0 unspecified atom stereocenters.